The van der Waals surface area contributed by atoms with Gasteiger partial charge in [0.25, 0.3) is 20.0 Å². The molecule has 1 aliphatic rings. The van der Waals surface area contributed by atoms with Gasteiger partial charge in [-0.15, -0.1) is 0 Å². The van der Waals surface area contributed by atoms with Gasteiger partial charge in [0.15, 0.2) is 0 Å². The van der Waals surface area contributed by atoms with Crippen LogP contribution in [0.25, 0.3) is 0 Å². The van der Waals surface area contributed by atoms with Gasteiger partial charge in [-0.05, 0) is 66.9 Å². The topological polar surface area (TPSA) is 101 Å². The minimum absolute atomic E-state index is 0.122. The van der Waals surface area contributed by atoms with E-state index < -0.39 is 32.6 Å². The van der Waals surface area contributed by atoms with E-state index in [-0.39, 0.29) is 38.7 Å². The van der Waals surface area contributed by atoms with E-state index in [0.29, 0.717) is 24.1 Å². The highest BCUT2D eigenvalue weighted by Gasteiger charge is 2.33. The molecule has 0 unspecified atom stereocenters. The third-order valence-corrected chi connectivity index (χ3v) is 10.0. The van der Waals surface area contributed by atoms with Crippen molar-refractivity contribution in [1.29, 1.82) is 0 Å². The smallest absolute Gasteiger partial charge is 0.326 e. The molecule has 3 aromatic carbocycles. The number of hydrogen-bond donors (Lipinski definition) is 0. The van der Waals surface area contributed by atoms with Crippen molar-refractivity contribution in [3.05, 3.63) is 82.3 Å². The van der Waals surface area contributed by atoms with E-state index in [2.05, 4.69) is 0 Å². The number of halogens is 2. The molecule has 12 heteroatoms. The van der Waals surface area contributed by atoms with Gasteiger partial charge in [0.2, 0.25) is 0 Å². The first-order valence-electron chi connectivity index (χ1n) is 11.9. The van der Waals surface area contributed by atoms with E-state index in [1.807, 2.05) is 6.92 Å². The Kier molecular flexibility index (Phi) is 8.56. The maximum absolute atomic E-state index is 13.7. The van der Waals surface area contributed by atoms with Crippen LogP contribution >= 0.6 is 23.2 Å². The average molecular weight is 598 g/mol. The van der Waals surface area contributed by atoms with Crippen LogP contribution in [-0.2, 0) is 36.0 Å². The molecule has 0 aliphatic carbocycles. The highest BCUT2D eigenvalue weighted by molar-refractivity contribution is 7.93. The molecular weight excluding hydrogens is 571 g/mol. The summed E-state index contributed by atoms with van der Waals surface area (Å²) in [5.41, 5.74) is 1.27. The maximum atomic E-state index is 13.7. The summed E-state index contributed by atoms with van der Waals surface area (Å²) < 4.78 is 61.3. The van der Waals surface area contributed by atoms with E-state index in [0.717, 1.165) is 10.7 Å². The number of esters is 1. The molecule has 0 atom stereocenters. The van der Waals surface area contributed by atoms with Crippen LogP contribution in [0.1, 0.15) is 25.3 Å². The van der Waals surface area contributed by atoms with E-state index in [9.17, 15) is 21.6 Å². The Morgan fingerprint density at radius 3 is 2.29 bits per heavy atom. The molecule has 3 aromatic rings. The number of carbonyl (C=O) groups is 1. The number of benzene rings is 3. The van der Waals surface area contributed by atoms with Crippen LogP contribution < -0.4 is 8.61 Å². The van der Waals surface area contributed by atoms with Crippen LogP contribution in [0.2, 0.25) is 10.0 Å². The zero-order chi connectivity index (χ0) is 27.5. The highest BCUT2D eigenvalue weighted by Crippen LogP contribution is 2.37. The summed E-state index contributed by atoms with van der Waals surface area (Å²) in [7, 11) is -8.10. The molecule has 0 aromatic heterocycles. The van der Waals surface area contributed by atoms with Gasteiger partial charge >= 0.3 is 5.97 Å². The molecule has 8 nitrogen and oxygen atoms in total. The van der Waals surface area contributed by atoms with Gasteiger partial charge in [0, 0.05) is 16.6 Å². The van der Waals surface area contributed by atoms with Crippen LogP contribution in [-0.4, -0.2) is 42.5 Å². The number of carbonyl (C=O) groups excluding carboxylic acids is 1. The van der Waals surface area contributed by atoms with Crippen LogP contribution in [0.4, 0.5) is 11.4 Å². The number of fused-ring (bicyclic) bond motifs is 1. The van der Waals surface area contributed by atoms with Crippen molar-refractivity contribution < 1.29 is 26.4 Å². The molecule has 0 N–H and O–H groups in total. The van der Waals surface area contributed by atoms with E-state index in [1.165, 1.54) is 40.7 Å². The van der Waals surface area contributed by atoms with Crippen LogP contribution in [0.3, 0.4) is 0 Å². The summed E-state index contributed by atoms with van der Waals surface area (Å²) in [6.07, 6.45) is 1.82. The first kappa shape index (κ1) is 28.2. The third kappa shape index (κ3) is 5.93. The summed E-state index contributed by atoms with van der Waals surface area (Å²) in [6.45, 7) is 1.73. The minimum Gasteiger partial charge on any atom is -0.464 e. The van der Waals surface area contributed by atoms with Gasteiger partial charge in [0.1, 0.15) is 6.54 Å². The Labute approximate surface area is 232 Å². The SMILES string of the molecule is CCCCOC(=O)CN(c1ccc2c(c1)CCN2S(=O)(=O)c1ccccc1)S(=O)(=O)c1cc(Cl)cc(Cl)c1. The van der Waals surface area contributed by atoms with Crippen LogP contribution in [0.5, 0.6) is 0 Å². The van der Waals surface area contributed by atoms with Gasteiger partial charge in [0.05, 0.1) is 27.8 Å². The quantitative estimate of drug-likeness (QED) is 0.233. The van der Waals surface area contributed by atoms with Crippen molar-refractivity contribution in [3.8, 4) is 0 Å². The number of ether oxygens (including phenoxy) is 1. The summed E-state index contributed by atoms with van der Waals surface area (Å²) in [4.78, 5) is 12.6. The summed E-state index contributed by atoms with van der Waals surface area (Å²) in [5.74, 6) is -0.719. The van der Waals surface area contributed by atoms with Crippen molar-refractivity contribution in [2.45, 2.75) is 36.0 Å². The molecule has 0 spiro atoms. The van der Waals surface area contributed by atoms with Crippen molar-refractivity contribution in [3.63, 3.8) is 0 Å². The molecule has 202 valence electrons. The highest BCUT2D eigenvalue weighted by atomic mass is 35.5. The first-order chi connectivity index (χ1) is 18.0. The van der Waals surface area contributed by atoms with Gasteiger partial charge in [-0.2, -0.15) is 0 Å². The Morgan fingerprint density at radius 1 is 0.947 bits per heavy atom. The molecule has 0 radical (unpaired) electrons. The molecule has 1 aliphatic heterocycles. The second kappa shape index (κ2) is 11.5. The fourth-order valence-corrected chi connectivity index (χ4v) is 7.75. The van der Waals surface area contributed by atoms with Crippen LogP contribution in [0, 0.1) is 0 Å². The van der Waals surface area contributed by atoms with Gasteiger partial charge < -0.3 is 4.74 Å². The lowest BCUT2D eigenvalue weighted by molar-refractivity contribution is -0.141. The molecule has 0 fully saturated rings. The Bertz CT molecular complexity index is 1530. The molecule has 4 rings (SSSR count). The number of hydrogen-bond acceptors (Lipinski definition) is 6. The molecule has 0 saturated heterocycles. The van der Waals surface area contributed by atoms with Crippen molar-refractivity contribution in [2.24, 2.45) is 0 Å². The fraction of sp³-hybridized carbons (Fsp3) is 0.269. The molecule has 0 saturated carbocycles. The van der Waals surface area contributed by atoms with Crippen molar-refractivity contribution in [1.82, 2.24) is 0 Å². The first-order valence-corrected chi connectivity index (χ1v) is 15.5. The predicted molar refractivity (Wildman–Crippen MR) is 148 cm³/mol. The van der Waals surface area contributed by atoms with Gasteiger partial charge in [-0.25, -0.2) is 16.8 Å². The van der Waals surface area contributed by atoms with Gasteiger partial charge in [-0.1, -0.05) is 54.7 Å². The molecule has 0 amide bonds. The third-order valence-electron chi connectivity index (χ3n) is 5.99. The zero-order valence-corrected chi connectivity index (χ0v) is 23.7. The zero-order valence-electron chi connectivity index (χ0n) is 20.5. The summed E-state index contributed by atoms with van der Waals surface area (Å²) in [6, 6.07) is 16.6. The minimum atomic E-state index is -4.30. The lowest BCUT2D eigenvalue weighted by Crippen LogP contribution is -2.36. The number of anilines is 2. The molecule has 38 heavy (non-hydrogen) atoms. The van der Waals surface area contributed by atoms with Gasteiger partial charge in [-0.3, -0.25) is 13.4 Å². The lowest BCUT2D eigenvalue weighted by atomic mass is 10.1. The maximum Gasteiger partial charge on any atom is 0.326 e. The summed E-state index contributed by atoms with van der Waals surface area (Å²) >= 11 is 12.1. The van der Waals surface area contributed by atoms with E-state index in [1.54, 1.807) is 30.3 Å². The Morgan fingerprint density at radius 2 is 1.63 bits per heavy atom. The second-order valence-electron chi connectivity index (χ2n) is 8.64. The average Bonchev–Trinajstić information content (AvgIpc) is 3.31. The number of nitrogens with zero attached hydrogens (tertiary/aromatic N) is 2. The lowest BCUT2D eigenvalue weighted by Gasteiger charge is -2.25. The number of unbranched alkanes of at least 4 members (excludes halogenated alkanes) is 1. The van der Waals surface area contributed by atoms with E-state index in [4.69, 9.17) is 27.9 Å². The van der Waals surface area contributed by atoms with Crippen LogP contribution in [0.15, 0.2) is 76.5 Å². The molecule has 1 heterocycles. The Balaban J connectivity index is 1.72. The standard InChI is InChI=1S/C26H26Cl2N2O6S2/c1-2-3-13-36-26(31)18-30(38(34,35)24-16-20(27)15-21(28)17-24)22-9-10-25-19(14-22)11-12-29(25)37(32,33)23-7-5-4-6-8-23/h4-10,14-17H,2-3,11-13,18H2,1H3. The molecular formula is C26H26Cl2N2O6S2. The predicted octanol–water partition coefficient (Wildman–Crippen LogP) is 5.28. The van der Waals surface area contributed by atoms with E-state index >= 15 is 0 Å². The monoisotopic (exact) mass is 596 g/mol. The number of rotatable bonds is 10. The van der Waals surface area contributed by atoms with Crippen molar-refractivity contribution in [2.75, 3.05) is 28.3 Å². The summed E-state index contributed by atoms with van der Waals surface area (Å²) in [5, 5.41) is 0.245. The fourth-order valence-electron chi connectivity index (χ4n) is 4.10. The largest absolute Gasteiger partial charge is 0.464 e. The number of sulfonamides is 2. The Hall–Kier alpha value is -2.79. The normalized spacial score (nSPS) is 13.3. The molecule has 0 bridgehead atoms. The second-order valence-corrected chi connectivity index (χ2v) is 13.2. The van der Waals surface area contributed by atoms with Crippen molar-refractivity contribution >= 4 is 60.6 Å².